The first-order valence-corrected chi connectivity index (χ1v) is 6.43. The third kappa shape index (κ3) is 3.63. The molecule has 88 valence electrons. The van der Waals surface area contributed by atoms with E-state index in [9.17, 15) is 4.79 Å². The number of benzene rings is 1. The fourth-order valence-corrected chi connectivity index (χ4v) is 1.55. The molecule has 0 aliphatic carbocycles. The summed E-state index contributed by atoms with van der Waals surface area (Å²) in [5.74, 6) is 0.342. The Morgan fingerprint density at radius 1 is 1.19 bits per heavy atom. The summed E-state index contributed by atoms with van der Waals surface area (Å²) in [6.07, 6.45) is 0. The molecule has 0 saturated heterocycles. The van der Waals surface area contributed by atoms with Gasteiger partial charge in [0.05, 0.1) is 10.9 Å². The molecule has 1 aromatic rings. The molecule has 0 bridgehead atoms. The maximum Gasteiger partial charge on any atom is 0.234 e. The van der Waals surface area contributed by atoms with Crippen molar-refractivity contribution in [3.8, 4) is 0 Å². The number of alkyl halides is 1. The lowest BCUT2D eigenvalue weighted by Crippen LogP contribution is -2.35. The van der Waals surface area contributed by atoms with Crippen molar-refractivity contribution in [3.05, 3.63) is 35.9 Å². The molecule has 0 saturated carbocycles. The van der Waals surface area contributed by atoms with E-state index in [0.29, 0.717) is 5.92 Å². The molecule has 0 fully saturated rings. The normalized spacial score (nSPS) is 14.6. The first-order chi connectivity index (χ1) is 7.52. The van der Waals surface area contributed by atoms with Gasteiger partial charge >= 0.3 is 0 Å². The topological polar surface area (TPSA) is 29.1 Å². The van der Waals surface area contributed by atoms with E-state index in [1.807, 2.05) is 51.1 Å². The van der Waals surface area contributed by atoms with E-state index in [1.165, 1.54) is 0 Å². The minimum absolute atomic E-state index is 0.0475. The quantitative estimate of drug-likeness (QED) is 0.845. The van der Waals surface area contributed by atoms with E-state index < -0.39 is 0 Å². The van der Waals surface area contributed by atoms with Crippen molar-refractivity contribution in [1.29, 1.82) is 0 Å². The van der Waals surface area contributed by atoms with Crippen molar-refractivity contribution in [2.24, 2.45) is 5.92 Å². The summed E-state index contributed by atoms with van der Waals surface area (Å²) in [7, 11) is 0. The Bertz CT molecular complexity index is 337. The van der Waals surface area contributed by atoms with Crippen molar-refractivity contribution in [3.63, 3.8) is 0 Å². The van der Waals surface area contributed by atoms with E-state index >= 15 is 0 Å². The molecular weight excluding hydrogens is 266 g/mol. The van der Waals surface area contributed by atoms with Crippen LogP contribution in [0, 0.1) is 5.92 Å². The highest BCUT2D eigenvalue weighted by Crippen LogP contribution is 2.16. The highest BCUT2D eigenvalue weighted by molar-refractivity contribution is 9.10. The summed E-state index contributed by atoms with van der Waals surface area (Å²) in [6.45, 7) is 6.03. The summed E-state index contributed by atoms with van der Waals surface area (Å²) < 4.78 is 0. The first-order valence-electron chi connectivity index (χ1n) is 5.51. The first kappa shape index (κ1) is 13.2. The summed E-state index contributed by atoms with van der Waals surface area (Å²) in [6, 6.07) is 10.0. The molecule has 1 amide bonds. The Morgan fingerprint density at radius 3 is 2.25 bits per heavy atom. The Morgan fingerprint density at radius 2 is 1.75 bits per heavy atom. The molecule has 2 atom stereocenters. The van der Waals surface area contributed by atoms with Gasteiger partial charge in [-0.2, -0.15) is 0 Å². The van der Waals surface area contributed by atoms with Crippen LogP contribution in [0.25, 0.3) is 0 Å². The molecule has 3 heteroatoms. The zero-order valence-electron chi connectivity index (χ0n) is 9.91. The highest BCUT2D eigenvalue weighted by Gasteiger charge is 2.20. The van der Waals surface area contributed by atoms with E-state index in [2.05, 4.69) is 21.2 Å². The molecule has 0 aliphatic heterocycles. The molecular formula is C13H18BrNO. The van der Waals surface area contributed by atoms with Crippen molar-refractivity contribution in [2.75, 3.05) is 0 Å². The molecule has 0 aliphatic rings. The SMILES string of the molecule is CC(C)C(Br)C(=O)N[C@@H](C)c1ccccc1. The zero-order chi connectivity index (χ0) is 12.1. The van der Waals surface area contributed by atoms with Crippen molar-refractivity contribution in [1.82, 2.24) is 5.32 Å². The number of hydrogen-bond acceptors (Lipinski definition) is 1. The van der Waals surface area contributed by atoms with Crippen molar-refractivity contribution in [2.45, 2.75) is 31.6 Å². The third-order valence-electron chi connectivity index (χ3n) is 2.49. The molecule has 2 nitrogen and oxygen atoms in total. The van der Waals surface area contributed by atoms with Gasteiger partial charge in [-0.15, -0.1) is 0 Å². The smallest absolute Gasteiger partial charge is 0.234 e. The Kier molecular flexibility index (Phi) is 5.00. The summed E-state index contributed by atoms with van der Waals surface area (Å²) in [5, 5.41) is 2.99. The maximum absolute atomic E-state index is 11.8. The van der Waals surface area contributed by atoms with Gasteiger partial charge in [0.15, 0.2) is 0 Å². The van der Waals surface area contributed by atoms with Gasteiger partial charge in [0.2, 0.25) is 5.91 Å². The molecule has 0 spiro atoms. The lowest BCUT2D eigenvalue weighted by molar-refractivity contribution is -0.121. The Labute approximate surface area is 106 Å². The molecule has 1 unspecified atom stereocenters. The average Bonchev–Trinajstić information content (AvgIpc) is 2.28. The van der Waals surface area contributed by atoms with Crippen molar-refractivity contribution < 1.29 is 4.79 Å². The average molecular weight is 284 g/mol. The molecule has 1 rings (SSSR count). The van der Waals surface area contributed by atoms with Crippen LogP contribution >= 0.6 is 15.9 Å². The number of amides is 1. The van der Waals surface area contributed by atoms with E-state index in [4.69, 9.17) is 0 Å². The van der Waals surface area contributed by atoms with Crippen LogP contribution in [-0.2, 0) is 4.79 Å². The monoisotopic (exact) mass is 283 g/mol. The number of halogens is 1. The largest absolute Gasteiger partial charge is 0.349 e. The molecule has 1 N–H and O–H groups in total. The Balaban J connectivity index is 2.58. The lowest BCUT2D eigenvalue weighted by atomic mass is 10.1. The van der Waals surface area contributed by atoms with Gasteiger partial charge in [-0.05, 0) is 18.4 Å². The molecule has 0 radical (unpaired) electrons. The summed E-state index contributed by atoms with van der Waals surface area (Å²) >= 11 is 3.40. The van der Waals surface area contributed by atoms with Crippen LogP contribution in [0.5, 0.6) is 0 Å². The van der Waals surface area contributed by atoms with Crippen LogP contribution < -0.4 is 5.32 Å². The van der Waals surface area contributed by atoms with Crippen LogP contribution in [0.3, 0.4) is 0 Å². The van der Waals surface area contributed by atoms with Crippen LogP contribution in [0.15, 0.2) is 30.3 Å². The number of rotatable bonds is 4. The van der Waals surface area contributed by atoms with Gasteiger partial charge in [0.25, 0.3) is 0 Å². The second kappa shape index (κ2) is 6.04. The maximum atomic E-state index is 11.8. The summed E-state index contributed by atoms with van der Waals surface area (Å²) in [5.41, 5.74) is 1.12. The fraction of sp³-hybridized carbons (Fsp3) is 0.462. The van der Waals surface area contributed by atoms with Gasteiger partial charge in [0, 0.05) is 0 Å². The van der Waals surface area contributed by atoms with E-state index in [1.54, 1.807) is 0 Å². The van der Waals surface area contributed by atoms with Crippen LogP contribution in [-0.4, -0.2) is 10.7 Å². The second-order valence-electron chi connectivity index (χ2n) is 4.29. The Hall–Kier alpha value is -0.830. The van der Waals surface area contributed by atoms with Gasteiger partial charge in [-0.25, -0.2) is 0 Å². The van der Waals surface area contributed by atoms with E-state index in [-0.39, 0.29) is 16.8 Å². The fourth-order valence-electron chi connectivity index (χ4n) is 1.42. The second-order valence-corrected chi connectivity index (χ2v) is 5.27. The third-order valence-corrected chi connectivity index (χ3v) is 3.97. The highest BCUT2D eigenvalue weighted by atomic mass is 79.9. The van der Waals surface area contributed by atoms with Crippen molar-refractivity contribution >= 4 is 21.8 Å². The summed E-state index contributed by atoms with van der Waals surface area (Å²) in [4.78, 5) is 11.7. The van der Waals surface area contributed by atoms with Gasteiger partial charge < -0.3 is 5.32 Å². The number of carbonyl (C=O) groups excluding carboxylic acids is 1. The van der Waals surface area contributed by atoms with Gasteiger partial charge in [0.1, 0.15) is 0 Å². The predicted octanol–water partition coefficient (Wildman–Crippen LogP) is 3.28. The van der Waals surface area contributed by atoms with Gasteiger partial charge in [-0.3, -0.25) is 4.79 Å². The van der Waals surface area contributed by atoms with Crippen LogP contribution in [0.4, 0.5) is 0 Å². The number of nitrogens with one attached hydrogen (secondary N) is 1. The number of carbonyl (C=O) groups is 1. The molecule has 0 heterocycles. The van der Waals surface area contributed by atoms with Gasteiger partial charge in [-0.1, -0.05) is 60.1 Å². The molecule has 0 aromatic heterocycles. The minimum Gasteiger partial charge on any atom is -0.349 e. The van der Waals surface area contributed by atoms with Crippen LogP contribution in [0.1, 0.15) is 32.4 Å². The molecule has 16 heavy (non-hydrogen) atoms. The standard InChI is InChI=1S/C13H18BrNO/c1-9(2)12(14)13(16)15-10(3)11-7-5-4-6-8-11/h4-10,12H,1-3H3,(H,15,16)/t10-,12?/m0/s1. The van der Waals surface area contributed by atoms with Crippen LogP contribution in [0.2, 0.25) is 0 Å². The lowest BCUT2D eigenvalue weighted by Gasteiger charge is -2.18. The van der Waals surface area contributed by atoms with E-state index in [0.717, 1.165) is 5.56 Å². The number of hydrogen-bond donors (Lipinski definition) is 1. The minimum atomic E-state index is -0.126. The molecule has 1 aromatic carbocycles. The zero-order valence-corrected chi connectivity index (χ0v) is 11.5. The predicted molar refractivity (Wildman–Crippen MR) is 70.6 cm³/mol.